The second-order valence-corrected chi connectivity index (χ2v) is 18.4. The highest BCUT2D eigenvalue weighted by molar-refractivity contribution is 5.76. The van der Waals surface area contributed by atoms with Crippen molar-refractivity contribution >= 4 is 11.9 Å². The lowest BCUT2D eigenvalue weighted by atomic mass is 9.78. The number of rotatable bonds is 14. The van der Waals surface area contributed by atoms with Gasteiger partial charge in [-0.1, -0.05) is 71.9 Å². The van der Waals surface area contributed by atoms with E-state index in [0.717, 1.165) is 37.7 Å². The van der Waals surface area contributed by atoms with Gasteiger partial charge in [-0.2, -0.15) is 0 Å². The number of esters is 1. The first-order valence-corrected chi connectivity index (χ1v) is 21.4. The molecule has 0 radical (unpaired) electrons. The van der Waals surface area contributed by atoms with Crippen molar-refractivity contribution in [3.8, 4) is 0 Å². The van der Waals surface area contributed by atoms with Crippen molar-refractivity contribution in [2.24, 2.45) is 35.5 Å². The molecule has 1 aromatic rings. The predicted molar refractivity (Wildman–Crippen MR) is 211 cm³/mol. The zero-order valence-corrected chi connectivity index (χ0v) is 36.2. The summed E-state index contributed by atoms with van der Waals surface area (Å²) >= 11 is 0. The van der Waals surface area contributed by atoms with Gasteiger partial charge in [0.1, 0.15) is 0 Å². The van der Waals surface area contributed by atoms with Crippen molar-refractivity contribution in [2.75, 3.05) is 21.3 Å². The smallest absolute Gasteiger partial charge is 0.364 e. The Morgan fingerprint density at radius 2 is 1.67 bits per heavy atom. The monoisotopic (exact) mass is 802 g/mol. The van der Waals surface area contributed by atoms with Crippen LogP contribution in [0.5, 0.6) is 0 Å². The summed E-state index contributed by atoms with van der Waals surface area (Å²) in [6, 6.07) is 10.2. The molecule has 12 nitrogen and oxygen atoms in total. The van der Waals surface area contributed by atoms with Gasteiger partial charge in [0.2, 0.25) is 0 Å². The van der Waals surface area contributed by atoms with Crippen LogP contribution < -0.4 is 0 Å². The molecule has 57 heavy (non-hydrogen) atoms. The number of aliphatic carboxylic acids is 1. The summed E-state index contributed by atoms with van der Waals surface area (Å²) in [5.74, 6) is -4.76. The topological polar surface area (TPSA) is 137 Å². The Balaban J connectivity index is 1.20. The summed E-state index contributed by atoms with van der Waals surface area (Å²) in [4.78, 5) is 25.2. The molecule has 1 aromatic carbocycles. The second-order valence-electron chi connectivity index (χ2n) is 18.4. The molecule has 5 heterocycles. The highest BCUT2D eigenvalue weighted by Crippen LogP contribution is 2.55. The van der Waals surface area contributed by atoms with Gasteiger partial charge in [0.25, 0.3) is 5.79 Å². The minimum absolute atomic E-state index is 0.0136. The lowest BCUT2D eigenvalue weighted by Crippen LogP contribution is -2.59. The van der Waals surface area contributed by atoms with Crippen LogP contribution in [-0.2, 0) is 58.8 Å². The van der Waals surface area contributed by atoms with E-state index in [2.05, 4.69) is 53.7 Å². The minimum Gasteiger partial charge on any atom is -0.477 e. The molecule has 17 atom stereocenters. The highest BCUT2D eigenvalue weighted by atomic mass is 16.7. The fourth-order valence-electron chi connectivity index (χ4n) is 11.4. The van der Waals surface area contributed by atoms with Gasteiger partial charge in [-0.15, -0.1) is 0 Å². The largest absolute Gasteiger partial charge is 0.477 e. The van der Waals surface area contributed by atoms with Crippen molar-refractivity contribution in [1.29, 1.82) is 0 Å². The first kappa shape index (κ1) is 44.4. The molecule has 1 N–H and O–H groups in total. The van der Waals surface area contributed by atoms with E-state index in [1.807, 2.05) is 32.0 Å². The van der Waals surface area contributed by atoms with Crippen LogP contribution in [0.1, 0.15) is 112 Å². The molecule has 0 aliphatic carbocycles. The Labute approximate surface area is 340 Å². The molecule has 5 aliphatic rings. The van der Waals surface area contributed by atoms with Crippen LogP contribution in [0.25, 0.3) is 0 Å². The van der Waals surface area contributed by atoms with Gasteiger partial charge in [-0.05, 0) is 69.8 Å². The van der Waals surface area contributed by atoms with Crippen LogP contribution in [0.3, 0.4) is 0 Å². The van der Waals surface area contributed by atoms with Crippen LogP contribution in [0.2, 0.25) is 0 Å². The molecule has 322 valence electrons. The van der Waals surface area contributed by atoms with Crippen LogP contribution >= 0.6 is 0 Å². The fourth-order valence-corrected chi connectivity index (χ4v) is 11.4. The van der Waals surface area contributed by atoms with E-state index in [4.69, 9.17) is 42.6 Å². The second kappa shape index (κ2) is 17.4. The Morgan fingerprint density at radius 3 is 2.30 bits per heavy atom. The first-order chi connectivity index (χ1) is 27.0. The summed E-state index contributed by atoms with van der Waals surface area (Å²) in [7, 11) is 4.45. The van der Waals surface area contributed by atoms with E-state index in [1.165, 1.54) is 14.2 Å². The third-order valence-corrected chi connectivity index (χ3v) is 14.7. The fraction of sp³-hybridized carbons (Fsp3) is 0.822. The Bertz CT molecular complexity index is 1530. The number of carbonyl (C=O) groups excluding carboxylic acids is 1. The molecule has 5 fully saturated rings. The number of ether oxygens (including phenoxy) is 9. The molecule has 12 heteroatoms. The Kier molecular flexibility index (Phi) is 13.6. The average molecular weight is 803 g/mol. The van der Waals surface area contributed by atoms with Crippen molar-refractivity contribution in [3.63, 3.8) is 0 Å². The standard InChI is InChI=1S/C45H70O12/c1-12-43(39-27(3)23-33(53-39)36-26(2)22-28(4)45(51-11,56-36)41(47)48)19-18-35(54-43)42(8)20-21-44(57-42)24-34(52-25-32-16-14-13-15-17-32)29(5)38(55-44)30(6)37(49-9)31(7)40(46)50-10/h13-17,26-31,33-39H,12,18-25H2,1-11H3,(H,47,48)/t26-,27-,28+,29+,30-,31-,33+,34-,35+,36-,37+,38-,39+,42-,43-,44+,45+/m0/s1. The molecule has 0 saturated carbocycles. The van der Waals surface area contributed by atoms with Crippen molar-refractivity contribution < 1.29 is 57.3 Å². The van der Waals surface area contributed by atoms with Gasteiger partial charge >= 0.3 is 11.9 Å². The van der Waals surface area contributed by atoms with Gasteiger partial charge in [0.05, 0.1) is 73.6 Å². The van der Waals surface area contributed by atoms with Gasteiger partial charge in [0.15, 0.2) is 5.79 Å². The van der Waals surface area contributed by atoms with Gasteiger partial charge in [0, 0.05) is 44.8 Å². The zero-order chi connectivity index (χ0) is 41.5. The quantitative estimate of drug-likeness (QED) is 0.189. The Hall–Kier alpha value is -2.16. The summed E-state index contributed by atoms with van der Waals surface area (Å²) in [5.41, 5.74) is -0.0681. The summed E-state index contributed by atoms with van der Waals surface area (Å²) in [6.45, 7) is 17.1. The number of carbonyl (C=O) groups is 2. The van der Waals surface area contributed by atoms with Crippen molar-refractivity contribution in [2.45, 2.75) is 179 Å². The zero-order valence-electron chi connectivity index (χ0n) is 36.2. The van der Waals surface area contributed by atoms with Crippen molar-refractivity contribution in [1.82, 2.24) is 0 Å². The van der Waals surface area contributed by atoms with Gasteiger partial charge in [-0.25, -0.2) is 4.79 Å². The van der Waals surface area contributed by atoms with Crippen molar-refractivity contribution in [3.05, 3.63) is 35.9 Å². The number of benzene rings is 1. The van der Waals surface area contributed by atoms with E-state index >= 15 is 0 Å². The lowest BCUT2D eigenvalue weighted by molar-refractivity contribution is -0.339. The molecular weight excluding hydrogens is 732 g/mol. The third kappa shape index (κ3) is 8.32. The molecule has 5 aliphatic heterocycles. The Morgan fingerprint density at radius 1 is 0.947 bits per heavy atom. The average Bonchev–Trinajstić information content (AvgIpc) is 3.91. The molecule has 0 unspecified atom stereocenters. The maximum Gasteiger partial charge on any atom is 0.364 e. The lowest BCUT2D eigenvalue weighted by Gasteiger charge is -2.50. The third-order valence-electron chi connectivity index (χ3n) is 14.7. The molecule has 0 amide bonds. The van der Waals surface area contributed by atoms with E-state index < -0.39 is 46.9 Å². The molecule has 1 spiro atoms. The SMILES string of the molecule is CC[C@@]1([C@@H]2O[C@@H]([C@H]3O[C@@](OC)(C(=O)O)[C@H](C)C[C@@H]3C)C[C@@H]2C)CC[C@H]([C@]2(C)CC[C@]3(C[C@H](OCc4ccccc4)[C@@H](C)[C@@H]([C@@H](C)[C@@H](OC)[C@H](C)C(=O)OC)O3)O2)O1. The number of hydrogen-bond donors (Lipinski definition) is 1. The maximum absolute atomic E-state index is 12.7. The van der Waals surface area contributed by atoms with E-state index in [-0.39, 0.29) is 66.1 Å². The molecule has 0 bridgehead atoms. The van der Waals surface area contributed by atoms with Crippen LogP contribution in [0.4, 0.5) is 0 Å². The molecular formula is C45H70O12. The summed E-state index contributed by atoms with van der Waals surface area (Å²) in [5, 5.41) is 10.2. The van der Waals surface area contributed by atoms with Crippen LogP contribution in [0, 0.1) is 35.5 Å². The highest BCUT2D eigenvalue weighted by Gasteiger charge is 2.63. The summed E-state index contributed by atoms with van der Waals surface area (Å²) < 4.78 is 58.4. The number of hydrogen-bond acceptors (Lipinski definition) is 11. The first-order valence-electron chi connectivity index (χ1n) is 21.4. The van der Waals surface area contributed by atoms with E-state index in [9.17, 15) is 14.7 Å². The number of carboxylic acids is 1. The number of methoxy groups -OCH3 is 3. The van der Waals surface area contributed by atoms with Gasteiger partial charge in [-0.3, -0.25) is 4.79 Å². The minimum atomic E-state index is -1.70. The van der Waals surface area contributed by atoms with E-state index in [0.29, 0.717) is 25.9 Å². The molecule has 6 rings (SSSR count). The van der Waals surface area contributed by atoms with Crippen LogP contribution in [0.15, 0.2) is 30.3 Å². The number of carboxylic acid groups (broad SMARTS) is 1. The predicted octanol–water partition coefficient (Wildman–Crippen LogP) is 7.33. The molecule has 0 aromatic heterocycles. The maximum atomic E-state index is 12.7. The van der Waals surface area contributed by atoms with Gasteiger partial charge < -0.3 is 47.7 Å². The molecule has 5 saturated heterocycles. The van der Waals surface area contributed by atoms with Crippen LogP contribution in [-0.4, -0.2) is 104 Å². The summed E-state index contributed by atoms with van der Waals surface area (Å²) in [6.07, 6.45) is 3.76. The normalized spacial score (nSPS) is 43.8. The van der Waals surface area contributed by atoms with E-state index in [1.54, 1.807) is 7.11 Å².